The Bertz CT molecular complexity index is 1210. The summed E-state index contributed by atoms with van der Waals surface area (Å²) in [7, 11) is 1.65. The Hall–Kier alpha value is -3.66. The number of hydrogen-bond donors (Lipinski definition) is 1. The minimum atomic E-state index is -0.0532. The Morgan fingerprint density at radius 1 is 1.21 bits per heavy atom. The molecule has 0 amide bonds. The number of benzene rings is 1. The van der Waals surface area contributed by atoms with Gasteiger partial charge in [-0.05, 0) is 36.2 Å². The molecule has 1 fully saturated rings. The van der Waals surface area contributed by atoms with E-state index in [1.807, 2.05) is 36.4 Å². The molecule has 1 aliphatic rings. The molecule has 4 rings (SSSR count). The third-order valence-corrected chi connectivity index (χ3v) is 6.13. The standard InChI is InChI=1S/C24H23N6O2S/c1-26-15-21-22(17-5-7-19(8-6-17)32-13-12-31)20(14-25)23(30-10-3-11-30)28-24(21)33-16-18-4-2-9-27-29-18/h2,4-9,31H,3,10-13,16H2,1H3/q+1. The maximum atomic E-state index is 10.1. The molecule has 0 atom stereocenters. The van der Waals surface area contributed by atoms with Gasteiger partial charge in [0.05, 0.1) is 12.3 Å². The van der Waals surface area contributed by atoms with Gasteiger partial charge in [-0.2, -0.15) is 15.5 Å². The molecule has 1 aromatic carbocycles. The number of nitrogens with zero attached hydrogens (tertiary/aromatic N) is 6. The first kappa shape index (κ1) is 22.5. The van der Waals surface area contributed by atoms with Crippen molar-refractivity contribution in [3.05, 3.63) is 64.3 Å². The number of ether oxygens (including phenoxy) is 1. The number of aliphatic hydroxyl groups is 1. The molecule has 0 spiro atoms. The highest BCUT2D eigenvalue weighted by Crippen LogP contribution is 2.40. The number of thioether (sulfide) groups is 1. The average molecular weight is 460 g/mol. The van der Waals surface area contributed by atoms with E-state index in [0.29, 0.717) is 28.4 Å². The first-order valence-electron chi connectivity index (χ1n) is 10.6. The fourth-order valence-corrected chi connectivity index (χ4v) is 4.34. The van der Waals surface area contributed by atoms with E-state index < -0.39 is 0 Å². The molecule has 0 saturated carbocycles. The van der Waals surface area contributed by atoms with Gasteiger partial charge in [-0.1, -0.05) is 28.7 Å². The fourth-order valence-electron chi connectivity index (χ4n) is 3.46. The lowest BCUT2D eigenvalue weighted by Crippen LogP contribution is -2.38. The highest BCUT2D eigenvalue weighted by Gasteiger charge is 2.28. The Kier molecular flexibility index (Phi) is 7.36. The Morgan fingerprint density at radius 2 is 2.03 bits per heavy atom. The van der Waals surface area contributed by atoms with Crippen LogP contribution in [0.1, 0.15) is 23.2 Å². The van der Waals surface area contributed by atoms with Crippen LogP contribution in [0.25, 0.3) is 16.0 Å². The number of hydrogen-bond acceptors (Lipinski definition) is 8. The molecule has 9 heteroatoms. The predicted molar refractivity (Wildman–Crippen MR) is 128 cm³/mol. The van der Waals surface area contributed by atoms with E-state index in [2.05, 4.69) is 32.1 Å². The molecule has 166 valence electrons. The number of anilines is 1. The highest BCUT2D eigenvalue weighted by molar-refractivity contribution is 7.98. The highest BCUT2D eigenvalue weighted by atomic mass is 32.2. The van der Waals surface area contributed by atoms with Crippen molar-refractivity contribution in [2.45, 2.75) is 17.2 Å². The molecule has 0 radical (unpaired) electrons. The maximum Gasteiger partial charge on any atom is 0.314 e. The molecule has 3 heterocycles. The molecule has 1 N–H and O–H groups in total. The fraction of sp³-hybridized carbons (Fsp3) is 0.292. The van der Waals surface area contributed by atoms with E-state index in [4.69, 9.17) is 14.8 Å². The van der Waals surface area contributed by atoms with Crippen LogP contribution in [0.3, 0.4) is 0 Å². The monoisotopic (exact) mass is 459 g/mol. The van der Waals surface area contributed by atoms with Gasteiger partial charge in [0.25, 0.3) is 7.05 Å². The van der Waals surface area contributed by atoms with Crippen LogP contribution in [0.4, 0.5) is 5.82 Å². The van der Waals surface area contributed by atoms with Crippen molar-refractivity contribution in [3.63, 3.8) is 0 Å². The van der Waals surface area contributed by atoms with E-state index in [-0.39, 0.29) is 13.2 Å². The summed E-state index contributed by atoms with van der Waals surface area (Å²) in [6.07, 6.45) is 2.72. The minimum absolute atomic E-state index is 0.0532. The minimum Gasteiger partial charge on any atom is -0.491 e. The topological polar surface area (TPSA) is 99.5 Å². The zero-order valence-electron chi connectivity index (χ0n) is 18.2. The number of rotatable bonds is 8. The lowest BCUT2D eigenvalue weighted by molar-refractivity contribution is 0.201. The second-order valence-corrected chi connectivity index (χ2v) is 8.22. The predicted octanol–water partition coefficient (Wildman–Crippen LogP) is 3.59. The third kappa shape index (κ3) is 5.06. The van der Waals surface area contributed by atoms with Gasteiger partial charge < -0.3 is 14.7 Å². The van der Waals surface area contributed by atoms with Crippen molar-refractivity contribution in [1.29, 1.82) is 5.26 Å². The SMILES string of the molecule is C[N+]#Cc1c(SCc2cccnn2)nc(N2CCC2)c(C#N)c1-c1ccc(OCCO)cc1. The summed E-state index contributed by atoms with van der Waals surface area (Å²) in [5, 5.41) is 28.0. The van der Waals surface area contributed by atoms with Crippen LogP contribution < -0.4 is 9.64 Å². The van der Waals surface area contributed by atoms with Gasteiger partial charge in [-0.15, -0.1) is 0 Å². The summed E-state index contributed by atoms with van der Waals surface area (Å²) in [4.78, 5) is 11.2. The molecule has 1 aliphatic heterocycles. The van der Waals surface area contributed by atoms with Gasteiger partial charge in [-0.25, -0.2) is 4.98 Å². The van der Waals surface area contributed by atoms with Crippen molar-refractivity contribution in [3.8, 4) is 29.0 Å². The van der Waals surface area contributed by atoms with Crippen LogP contribution in [0.15, 0.2) is 47.6 Å². The second-order valence-electron chi connectivity index (χ2n) is 7.25. The summed E-state index contributed by atoms with van der Waals surface area (Å²) >= 11 is 1.52. The molecule has 33 heavy (non-hydrogen) atoms. The quantitative estimate of drug-likeness (QED) is 0.510. The third-order valence-electron chi connectivity index (χ3n) is 5.12. The first-order valence-corrected chi connectivity index (χ1v) is 11.5. The second kappa shape index (κ2) is 10.8. The number of pyridine rings is 1. The maximum absolute atomic E-state index is 10.1. The normalized spacial score (nSPS) is 12.3. The van der Waals surface area contributed by atoms with Crippen LogP contribution in [0.5, 0.6) is 5.75 Å². The van der Waals surface area contributed by atoms with Gasteiger partial charge in [0.1, 0.15) is 40.4 Å². The van der Waals surface area contributed by atoms with Crippen molar-refractivity contribution >= 4 is 17.6 Å². The molecule has 3 aromatic rings. The zero-order chi connectivity index (χ0) is 23.0. The molecule has 1 saturated heterocycles. The summed E-state index contributed by atoms with van der Waals surface area (Å²) < 4.78 is 5.49. The number of aliphatic hydroxyl groups excluding tert-OH is 1. The van der Waals surface area contributed by atoms with E-state index in [9.17, 15) is 5.26 Å². The smallest absolute Gasteiger partial charge is 0.314 e. The van der Waals surface area contributed by atoms with Crippen LogP contribution >= 0.6 is 11.8 Å². The summed E-state index contributed by atoms with van der Waals surface area (Å²) in [5.74, 6) is 1.91. The van der Waals surface area contributed by atoms with Crippen LogP contribution in [0, 0.1) is 17.4 Å². The number of nitriles is 1. The largest absolute Gasteiger partial charge is 0.491 e. The van der Waals surface area contributed by atoms with Crippen molar-refractivity contribution in [1.82, 2.24) is 15.2 Å². The summed E-state index contributed by atoms with van der Waals surface area (Å²) in [6.45, 7) is 1.91. The van der Waals surface area contributed by atoms with Gasteiger partial charge in [-0.3, -0.25) is 0 Å². The lowest BCUT2D eigenvalue weighted by atomic mass is 9.96. The van der Waals surface area contributed by atoms with E-state index in [0.717, 1.165) is 41.4 Å². The van der Waals surface area contributed by atoms with Crippen LogP contribution in [-0.4, -0.2) is 53.6 Å². The van der Waals surface area contributed by atoms with E-state index in [1.165, 1.54) is 11.8 Å². The van der Waals surface area contributed by atoms with Crippen molar-refractivity contribution in [2.75, 3.05) is 38.3 Å². The molecular weight excluding hydrogens is 436 g/mol. The van der Waals surface area contributed by atoms with Crippen LogP contribution in [-0.2, 0) is 5.75 Å². The Balaban J connectivity index is 1.83. The van der Waals surface area contributed by atoms with Gasteiger partial charge in [0.15, 0.2) is 0 Å². The zero-order valence-corrected chi connectivity index (χ0v) is 19.0. The average Bonchev–Trinajstić information content (AvgIpc) is 2.82. The van der Waals surface area contributed by atoms with Gasteiger partial charge >= 0.3 is 6.07 Å². The summed E-state index contributed by atoms with van der Waals surface area (Å²) in [5.41, 5.74) is 3.62. The first-order chi connectivity index (χ1) is 16.2. The lowest BCUT2D eigenvalue weighted by Gasteiger charge is -2.33. The van der Waals surface area contributed by atoms with Crippen molar-refractivity contribution in [2.24, 2.45) is 0 Å². The van der Waals surface area contributed by atoms with Gasteiger partial charge in [0, 0.05) is 30.6 Å². The Labute approximate surface area is 196 Å². The molecule has 2 aromatic heterocycles. The van der Waals surface area contributed by atoms with Crippen molar-refractivity contribution < 1.29 is 9.84 Å². The molecule has 8 nitrogen and oxygen atoms in total. The molecule has 0 aliphatic carbocycles. The van der Waals surface area contributed by atoms with Gasteiger partial charge in [0.2, 0.25) is 0 Å². The van der Waals surface area contributed by atoms with E-state index in [1.54, 1.807) is 13.2 Å². The van der Waals surface area contributed by atoms with Crippen LogP contribution in [0.2, 0.25) is 0 Å². The summed E-state index contributed by atoms with van der Waals surface area (Å²) in [6, 6.07) is 16.7. The Morgan fingerprint density at radius 3 is 2.64 bits per heavy atom. The molecular formula is C24H23N6O2S+. The van der Waals surface area contributed by atoms with E-state index >= 15 is 0 Å². The molecule has 0 unspecified atom stereocenters. The molecule has 0 bridgehead atoms. The number of aromatic nitrogens is 3.